The quantitative estimate of drug-likeness (QED) is 0.850. The Morgan fingerprint density at radius 2 is 1.92 bits per heavy atom. The second-order valence-electron chi connectivity index (χ2n) is 6.37. The van der Waals surface area contributed by atoms with Gasteiger partial charge in [-0.3, -0.25) is 14.5 Å². The molecule has 1 aromatic carbocycles. The van der Waals surface area contributed by atoms with Crippen LogP contribution in [0.5, 0.6) is 0 Å². The molecule has 0 saturated carbocycles. The molecule has 0 spiro atoms. The summed E-state index contributed by atoms with van der Waals surface area (Å²) in [5.41, 5.74) is 0.309. The third-order valence-electron chi connectivity index (χ3n) is 4.93. The van der Waals surface area contributed by atoms with Crippen LogP contribution < -0.4 is 5.32 Å². The van der Waals surface area contributed by atoms with Crippen LogP contribution in [-0.4, -0.2) is 67.6 Å². The molecule has 8 heteroatoms. The van der Waals surface area contributed by atoms with Crippen molar-refractivity contribution < 1.29 is 18.7 Å². The maximum atomic E-state index is 14.4. The molecule has 2 aliphatic rings. The van der Waals surface area contributed by atoms with Crippen molar-refractivity contribution in [3.8, 4) is 0 Å². The minimum Gasteiger partial charge on any atom is -0.378 e. The number of likely N-dealkylation sites (tertiary alicyclic amines) is 1. The lowest BCUT2D eigenvalue weighted by Crippen LogP contribution is -2.52. The van der Waals surface area contributed by atoms with Gasteiger partial charge >= 0.3 is 0 Å². The maximum absolute atomic E-state index is 14.4. The predicted molar refractivity (Wildman–Crippen MR) is 97.6 cm³/mol. The van der Waals surface area contributed by atoms with Crippen LogP contribution in [0.15, 0.2) is 24.3 Å². The predicted octanol–water partition coefficient (Wildman–Crippen LogP) is 1.36. The summed E-state index contributed by atoms with van der Waals surface area (Å²) in [5.74, 6) is -0.724. The number of nitrogens with one attached hydrogen (secondary N) is 1. The lowest BCUT2D eigenvalue weighted by molar-refractivity contribution is -0.142. The van der Waals surface area contributed by atoms with E-state index in [1.807, 2.05) is 4.90 Å². The molecule has 0 aliphatic carbocycles. The Hall–Kier alpha value is -1.70. The molecule has 0 radical (unpaired) electrons. The molecule has 0 aromatic heterocycles. The number of carbonyl (C=O) groups is 2. The van der Waals surface area contributed by atoms with Crippen LogP contribution in [0.2, 0.25) is 0 Å². The molecule has 2 heterocycles. The first kappa shape index (κ1) is 20.6. The lowest BCUT2D eigenvalue weighted by atomic mass is 10.0. The minimum atomic E-state index is -0.802. The van der Waals surface area contributed by atoms with E-state index >= 15 is 0 Å². The van der Waals surface area contributed by atoms with E-state index in [2.05, 4.69) is 5.32 Å². The average Bonchev–Trinajstić information content (AvgIpc) is 3.12. The van der Waals surface area contributed by atoms with Crippen molar-refractivity contribution in [3.63, 3.8) is 0 Å². The Kier molecular flexibility index (Phi) is 7.37. The van der Waals surface area contributed by atoms with Crippen molar-refractivity contribution in [1.82, 2.24) is 15.1 Å². The number of amides is 2. The molecule has 1 aromatic rings. The SMILES string of the molecule is CNC(=O)[C@@H](c1ccccc1F)N1CCC[C@H]1C(=O)N1CCOCC1.Cl. The lowest BCUT2D eigenvalue weighted by Gasteiger charge is -2.35. The highest BCUT2D eigenvalue weighted by molar-refractivity contribution is 5.86. The van der Waals surface area contributed by atoms with Crippen molar-refractivity contribution in [2.75, 3.05) is 39.9 Å². The minimum absolute atomic E-state index is 0. The summed E-state index contributed by atoms with van der Waals surface area (Å²) in [7, 11) is 1.53. The second kappa shape index (κ2) is 9.30. The van der Waals surface area contributed by atoms with Gasteiger partial charge in [0.25, 0.3) is 0 Å². The molecule has 2 saturated heterocycles. The number of likely N-dealkylation sites (N-methyl/N-ethyl adjacent to an activating group) is 1. The first-order valence-corrected chi connectivity index (χ1v) is 8.71. The van der Waals surface area contributed by atoms with Crippen molar-refractivity contribution in [2.24, 2.45) is 0 Å². The number of hydrogen-bond donors (Lipinski definition) is 1. The summed E-state index contributed by atoms with van der Waals surface area (Å²) >= 11 is 0. The van der Waals surface area contributed by atoms with Gasteiger partial charge in [0.05, 0.1) is 19.3 Å². The van der Waals surface area contributed by atoms with Gasteiger partial charge in [-0.15, -0.1) is 12.4 Å². The molecule has 6 nitrogen and oxygen atoms in total. The Morgan fingerprint density at radius 3 is 2.58 bits per heavy atom. The maximum Gasteiger partial charge on any atom is 0.241 e. The van der Waals surface area contributed by atoms with E-state index in [4.69, 9.17) is 4.74 Å². The fraction of sp³-hybridized carbons (Fsp3) is 0.556. The third kappa shape index (κ3) is 4.16. The molecule has 26 heavy (non-hydrogen) atoms. The Balaban J connectivity index is 0.00000243. The Bertz CT molecular complexity index is 640. The number of rotatable bonds is 4. The van der Waals surface area contributed by atoms with E-state index in [1.54, 1.807) is 23.1 Å². The van der Waals surface area contributed by atoms with Crippen molar-refractivity contribution in [2.45, 2.75) is 24.9 Å². The van der Waals surface area contributed by atoms with Gasteiger partial charge in [0.1, 0.15) is 11.9 Å². The average molecular weight is 386 g/mol. The normalized spacial score (nSPS) is 21.8. The van der Waals surface area contributed by atoms with Gasteiger partial charge in [0.15, 0.2) is 0 Å². The van der Waals surface area contributed by atoms with Crippen LogP contribution in [0.1, 0.15) is 24.4 Å². The molecule has 0 unspecified atom stereocenters. The largest absolute Gasteiger partial charge is 0.378 e. The van der Waals surface area contributed by atoms with Crippen LogP contribution in [-0.2, 0) is 14.3 Å². The monoisotopic (exact) mass is 385 g/mol. The van der Waals surface area contributed by atoms with Crippen molar-refractivity contribution >= 4 is 24.2 Å². The summed E-state index contributed by atoms with van der Waals surface area (Å²) in [4.78, 5) is 29.1. The summed E-state index contributed by atoms with van der Waals surface area (Å²) in [6.07, 6.45) is 1.49. The first-order valence-electron chi connectivity index (χ1n) is 8.71. The molecule has 2 aliphatic heterocycles. The van der Waals surface area contributed by atoms with Gasteiger partial charge in [-0.1, -0.05) is 18.2 Å². The number of benzene rings is 1. The fourth-order valence-electron chi connectivity index (χ4n) is 3.66. The number of halogens is 2. The van der Waals surface area contributed by atoms with Gasteiger partial charge in [-0.25, -0.2) is 4.39 Å². The Morgan fingerprint density at radius 1 is 1.23 bits per heavy atom. The summed E-state index contributed by atoms with van der Waals surface area (Å²) in [5, 5.41) is 2.61. The van der Waals surface area contributed by atoms with Crippen LogP contribution >= 0.6 is 12.4 Å². The second-order valence-corrected chi connectivity index (χ2v) is 6.37. The Labute approximate surface area is 159 Å². The van der Waals surface area contributed by atoms with Gasteiger partial charge in [-0.05, 0) is 18.9 Å². The molecular weight excluding hydrogens is 361 g/mol. The van der Waals surface area contributed by atoms with E-state index < -0.39 is 17.9 Å². The summed E-state index contributed by atoms with van der Waals surface area (Å²) in [6.45, 7) is 2.78. The first-order chi connectivity index (χ1) is 12.1. The molecule has 2 amide bonds. The number of carbonyl (C=O) groups excluding carboxylic acids is 2. The fourth-order valence-corrected chi connectivity index (χ4v) is 3.66. The van der Waals surface area contributed by atoms with Crippen LogP contribution in [0.25, 0.3) is 0 Å². The number of nitrogens with zero attached hydrogens (tertiary/aromatic N) is 2. The van der Waals surface area contributed by atoms with E-state index in [0.717, 1.165) is 6.42 Å². The van der Waals surface area contributed by atoms with Crippen LogP contribution in [0, 0.1) is 5.82 Å². The van der Waals surface area contributed by atoms with Gasteiger partial charge in [0.2, 0.25) is 11.8 Å². The van der Waals surface area contributed by atoms with Gasteiger partial charge in [-0.2, -0.15) is 0 Å². The van der Waals surface area contributed by atoms with E-state index in [9.17, 15) is 14.0 Å². The zero-order valence-electron chi connectivity index (χ0n) is 14.8. The summed E-state index contributed by atoms with van der Waals surface area (Å²) in [6, 6.07) is 5.07. The third-order valence-corrected chi connectivity index (χ3v) is 4.93. The molecule has 0 bridgehead atoms. The zero-order valence-corrected chi connectivity index (χ0v) is 15.6. The zero-order chi connectivity index (χ0) is 17.8. The number of hydrogen-bond acceptors (Lipinski definition) is 4. The molecule has 1 N–H and O–H groups in total. The van der Waals surface area contributed by atoms with E-state index in [1.165, 1.54) is 13.1 Å². The molecule has 144 valence electrons. The van der Waals surface area contributed by atoms with Crippen molar-refractivity contribution in [3.05, 3.63) is 35.6 Å². The topological polar surface area (TPSA) is 61.9 Å². The molecule has 3 rings (SSSR count). The van der Waals surface area contributed by atoms with Gasteiger partial charge < -0.3 is 15.0 Å². The number of ether oxygens (including phenoxy) is 1. The molecular formula is C18H25ClFN3O3. The van der Waals surface area contributed by atoms with Crippen molar-refractivity contribution in [1.29, 1.82) is 0 Å². The van der Waals surface area contributed by atoms with E-state index in [-0.39, 0.29) is 24.2 Å². The van der Waals surface area contributed by atoms with Crippen LogP contribution in [0.4, 0.5) is 4.39 Å². The van der Waals surface area contributed by atoms with Gasteiger partial charge in [0, 0.05) is 32.2 Å². The number of morpholine rings is 1. The summed E-state index contributed by atoms with van der Waals surface area (Å²) < 4.78 is 19.7. The molecule has 2 fully saturated rings. The smallest absolute Gasteiger partial charge is 0.241 e. The van der Waals surface area contributed by atoms with E-state index in [0.29, 0.717) is 44.8 Å². The molecule has 2 atom stereocenters. The highest BCUT2D eigenvalue weighted by Gasteiger charge is 2.41. The van der Waals surface area contributed by atoms with Crippen LogP contribution in [0.3, 0.4) is 0 Å². The standard InChI is InChI=1S/C18H24FN3O3.ClH/c1-20-17(23)16(13-5-2-3-6-14(13)19)22-8-4-7-15(22)18(24)21-9-11-25-12-10-21;/h2-3,5-6,15-16H,4,7-12H2,1H3,(H,20,23);1H/t15-,16+;/m0./s1. The highest BCUT2D eigenvalue weighted by Crippen LogP contribution is 2.32. The highest BCUT2D eigenvalue weighted by atomic mass is 35.5.